The number of esters is 1. The van der Waals surface area contributed by atoms with Crippen LogP contribution in [0.5, 0.6) is 0 Å². The van der Waals surface area contributed by atoms with Crippen LogP contribution in [0.3, 0.4) is 0 Å². The summed E-state index contributed by atoms with van der Waals surface area (Å²) in [5, 5.41) is 9.15. The van der Waals surface area contributed by atoms with Crippen molar-refractivity contribution in [1.29, 1.82) is 5.26 Å². The van der Waals surface area contributed by atoms with Gasteiger partial charge in [-0.2, -0.15) is 5.26 Å². The molecule has 0 aliphatic carbocycles. The van der Waals surface area contributed by atoms with E-state index >= 15 is 4.39 Å². The van der Waals surface area contributed by atoms with E-state index in [1.54, 1.807) is 42.5 Å². The zero-order valence-corrected chi connectivity index (χ0v) is 18.7. The van der Waals surface area contributed by atoms with Crippen LogP contribution < -0.4 is 0 Å². The van der Waals surface area contributed by atoms with E-state index in [0.29, 0.717) is 33.8 Å². The average Bonchev–Trinajstić information content (AvgIpc) is 3.16. The highest BCUT2D eigenvalue weighted by Gasteiger charge is 2.47. The number of hydrogen-bond donors (Lipinski definition) is 1. The van der Waals surface area contributed by atoms with Gasteiger partial charge in [0.2, 0.25) is 0 Å². The molecule has 1 aliphatic rings. The molecule has 0 radical (unpaired) electrons. The number of methoxy groups -OCH3 is 1. The van der Waals surface area contributed by atoms with Crippen molar-refractivity contribution in [2.45, 2.75) is 19.0 Å². The number of carbonyl (C=O) groups is 2. The molecular formula is C24H20ClFN4O3. The maximum Gasteiger partial charge on any atom is 0.313 e. The third-order valence-electron chi connectivity index (χ3n) is 5.69. The van der Waals surface area contributed by atoms with Crippen molar-refractivity contribution in [3.8, 4) is 17.3 Å². The Morgan fingerprint density at radius 3 is 2.61 bits per heavy atom. The second-order valence-electron chi connectivity index (χ2n) is 7.94. The van der Waals surface area contributed by atoms with E-state index in [2.05, 4.69) is 14.7 Å². The number of aromatic amines is 1. The molecule has 3 aromatic rings. The molecule has 9 heteroatoms. The molecule has 1 N–H and O–H groups in total. The SMILES string of the molecule is COC(=O)Cc1nc(-c2cc(C(=O)N3CC(F)(c4ccc(C#N)cc4)C3)ccc2C)c(Cl)[nH]1. The van der Waals surface area contributed by atoms with Crippen LogP contribution in [0, 0.1) is 18.3 Å². The first-order chi connectivity index (χ1) is 15.7. The zero-order valence-electron chi connectivity index (χ0n) is 18.0. The summed E-state index contributed by atoms with van der Waals surface area (Å²) in [6.07, 6.45) is -0.0599. The minimum Gasteiger partial charge on any atom is -0.469 e. The summed E-state index contributed by atoms with van der Waals surface area (Å²) in [5.41, 5.74) is 1.52. The van der Waals surface area contributed by atoms with Crippen molar-refractivity contribution in [2.75, 3.05) is 20.2 Å². The largest absolute Gasteiger partial charge is 0.469 e. The Morgan fingerprint density at radius 1 is 1.27 bits per heavy atom. The maximum atomic E-state index is 15.3. The Bertz CT molecular complexity index is 1270. The fraction of sp³-hybridized carbons (Fsp3) is 0.250. The molecule has 0 atom stereocenters. The molecule has 0 bridgehead atoms. The average molecular weight is 467 g/mol. The van der Waals surface area contributed by atoms with Crippen LogP contribution in [0.2, 0.25) is 5.15 Å². The predicted octanol–water partition coefficient (Wildman–Crippen LogP) is 3.95. The van der Waals surface area contributed by atoms with Crippen molar-refractivity contribution in [3.63, 3.8) is 0 Å². The molecule has 33 heavy (non-hydrogen) atoms. The van der Waals surface area contributed by atoms with E-state index < -0.39 is 11.6 Å². The van der Waals surface area contributed by atoms with Gasteiger partial charge in [-0.1, -0.05) is 29.8 Å². The Balaban J connectivity index is 1.53. The molecule has 1 aliphatic heterocycles. The van der Waals surface area contributed by atoms with Crippen LogP contribution in [-0.4, -0.2) is 46.9 Å². The van der Waals surface area contributed by atoms with Gasteiger partial charge in [-0.3, -0.25) is 9.59 Å². The van der Waals surface area contributed by atoms with Crippen LogP contribution in [0.25, 0.3) is 11.3 Å². The lowest BCUT2D eigenvalue weighted by atomic mass is 9.87. The number of carbonyl (C=O) groups excluding carboxylic acids is 2. The van der Waals surface area contributed by atoms with Crippen molar-refractivity contribution in [3.05, 3.63) is 75.7 Å². The second-order valence-corrected chi connectivity index (χ2v) is 8.32. The topological polar surface area (TPSA) is 99.1 Å². The number of benzene rings is 2. The third-order valence-corrected chi connectivity index (χ3v) is 5.96. The molecular weight excluding hydrogens is 447 g/mol. The van der Waals surface area contributed by atoms with Crippen LogP contribution in [-0.2, 0) is 21.6 Å². The number of nitrogens with zero attached hydrogens (tertiary/aromatic N) is 3. The molecule has 1 aromatic heterocycles. The number of aryl methyl sites for hydroxylation is 1. The molecule has 7 nitrogen and oxygen atoms in total. The fourth-order valence-electron chi connectivity index (χ4n) is 3.79. The lowest BCUT2D eigenvalue weighted by Crippen LogP contribution is -2.58. The summed E-state index contributed by atoms with van der Waals surface area (Å²) in [6, 6.07) is 13.4. The summed E-state index contributed by atoms with van der Waals surface area (Å²) in [7, 11) is 1.29. The van der Waals surface area contributed by atoms with Gasteiger partial charge in [0, 0.05) is 11.1 Å². The Kier molecular flexibility index (Phi) is 5.91. The lowest BCUT2D eigenvalue weighted by Gasteiger charge is -2.44. The fourth-order valence-corrected chi connectivity index (χ4v) is 4.04. The Hall–Kier alpha value is -3.70. The minimum absolute atomic E-state index is 0.0599. The van der Waals surface area contributed by atoms with Gasteiger partial charge in [-0.15, -0.1) is 0 Å². The number of nitrogens with one attached hydrogen (secondary N) is 1. The maximum absolute atomic E-state index is 15.3. The van der Waals surface area contributed by atoms with Gasteiger partial charge in [-0.05, 0) is 42.3 Å². The van der Waals surface area contributed by atoms with E-state index in [9.17, 15) is 9.59 Å². The van der Waals surface area contributed by atoms with Gasteiger partial charge in [-0.25, -0.2) is 9.37 Å². The number of imidazole rings is 1. The molecule has 1 amide bonds. The number of H-pyrrole nitrogens is 1. The van der Waals surface area contributed by atoms with E-state index in [0.717, 1.165) is 5.56 Å². The molecule has 0 unspecified atom stereocenters. The smallest absolute Gasteiger partial charge is 0.313 e. The normalized spacial score (nSPS) is 14.3. The monoisotopic (exact) mass is 466 g/mol. The molecule has 2 heterocycles. The highest BCUT2D eigenvalue weighted by atomic mass is 35.5. The second kappa shape index (κ2) is 8.68. The van der Waals surface area contributed by atoms with Gasteiger partial charge < -0.3 is 14.6 Å². The Morgan fingerprint density at radius 2 is 1.97 bits per heavy atom. The minimum atomic E-state index is -1.65. The van der Waals surface area contributed by atoms with E-state index in [-0.39, 0.29) is 30.6 Å². The van der Waals surface area contributed by atoms with Crippen LogP contribution in [0.15, 0.2) is 42.5 Å². The molecule has 168 valence electrons. The van der Waals surface area contributed by atoms with E-state index in [1.807, 2.05) is 13.0 Å². The number of ether oxygens (including phenoxy) is 1. The first-order valence-electron chi connectivity index (χ1n) is 10.1. The number of halogens is 2. The summed E-state index contributed by atoms with van der Waals surface area (Å²) in [5.74, 6) is -0.410. The third kappa shape index (κ3) is 4.32. The van der Waals surface area contributed by atoms with Crippen molar-refractivity contribution >= 4 is 23.5 Å². The van der Waals surface area contributed by atoms with Gasteiger partial charge >= 0.3 is 5.97 Å². The highest BCUT2D eigenvalue weighted by Crippen LogP contribution is 2.37. The van der Waals surface area contributed by atoms with Crippen molar-refractivity contribution in [2.24, 2.45) is 0 Å². The molecule has 0 spiro atoms. The van der Waals surface area contributed by atoms with E-state index in [1.165, 1.54) is 12.0 Å². The molecule has 1 fully saturated rings. The number of hydrogen-bond acceptors (Lipinski definition) is 5. The lowest BCUT2D eigenvalue weighted by molar-refractivity contribution is -0.139. The van der Waals surface area contributed by atoms with Gasteiger partial charge in [0.05, 0.1) is 31.8 Å². The summed E-state index contributed by atoms with van der Waals surface area (Å²) < 4.78 is 19.9. The van der Waals surface area contributed by atoms with Crippen LogP contribution in [0.1, 0.15) is 32.9 Å². The highest BCUT2D eigenvalue weighted by molar-refractivity contribution is 6.32. The number of amides is 1. The molecule has 0 saturated carbocycles. The van der Waals surface area contributed by atoms with Crippen molar-refractivity contribution < 1.29 is 18.7 Å². The molecule has 2 aromatic carbocycles. The number of aromatic nitrogens is 2. The first kappa shape index (κ1) is 22.5. The summed E-state index contributed by atoms with van der Waals surface area (Å²) in [4.78, 5) is 33.2. The first-order valence-corrected chi connectivity index (χ1v) is 10.5. The quantitative estimate of drug-likeness (QED) is 0.574. The van der Waals surface area contributed by atoms with Gasteiger partial charge in [0.1, 0.15) is 23.1 Å². The zero-order chi connectivity index (χ0) is 23.8. The summed E-state index contributed by atoms with van der Waals surface area (Å²) >= 11 is 6.30. The number of nitriles is 1. The number of alkyl halides is 1. The van der Waals surface area contributed by atoms with Gasteiger partial charge in [0.15, 0.2) is 5.67 Å². The Labute approximate surface area is 194 Å². The molecule has 1 saturated heterocycles. The summed E-state index contributed by atoms with van der Waals surface area (Å²) in [6.45, 7) is 1.70. The standard InChI is InChI=1S/C24H20ClFN4O3/c1-14-3-6-16(9-18(14)21-22(25)29-19(28-21)10-20(31)33-2)23(32)30-12-24(26,13-30)17-7-4-15(11-27)5-8-17/h3-9H,10,12-13H2,1-2H3,(H,28,29). The predicted molar refractivity (Wildman–Crippen MR) is 119 cm³/mol. The van der Waals surface area contributed by atoms with E-state index in [4.69, 9.17) is 16.9 Å². The van der Waals surface area contributed by atoms with Crippen LogP contribution in [0.4, 0.5) is 4.39 Å². The number of rotatable bonds is 5. The van der Waals surface area contributed by atoms with Gasteiger partial charge in [0.25, 0.3) is 5.91 Å². The molecule has 4 rings (SSSR count). The van der Waals surface area contributed by atoms with Crippen LogP contribution >= 0.6 is 11.6 Å². The number of likely N-dealkylation sites (tertiary alicyclic amines) is 1. The van der Waals surface area contributed by atoms with Crippen molar-refractivity contribution in [1.82, 2.24) is 14.9 Å².